The Kier molecular flexibility index (Phi) is 4.97. The summed E-state index contributed by atoms with van der Waals surface area (Å²) in [4.78, 5) is 13.3. The van der Waals surface area contributed by atoms with Crippen molar-refractivity contribution in [3.8, 4) is 11.8 Å². The van der Waals surface area contributed by atoms with Crippen LogP contribution in [0.5, 0.6) is 5.75 Å². The van der Waals surface area contributed by atoms with E-state index in [1.165, 1.54) is 0 Å². The lowest BCUT2D eigenvalue weighted by Crippen LogP contribution is -2.40. The van der Waals surface area contributed by atoms with Crippen molar-refractivity contribution < 1.29 is 9.53 Å². The molecule has 5 nitrogen and oxygen atoms in total. The molecule has 0 saturated carbocycles. The van der Waals surface area contributed by atoms with E-state index in [9.17, 15) is 4.79 Å². The first-order chi connectivity index (χ1) is 9.70. The molecule has 20 heavy (non-hydrogen) atoms. The summed E-state index contributed by atoms with van der Waals surface area (Å²) in [7, 11) is 0. The minimum absolute atomic E-state index is 0.0199. The van der Waals surface area contributed by atoms with Gasteiger partial charge in [0.15, 0.2) is 0 Å². The van der Waals surface area contributed by atoms with E-state index >= 15 is 0 Å². The summed E-state index contributed by atoms with van der Waals surface area (Å²) in [5.41, 5.74) is 5.86. The van der Waals surface area contributed by atoms with Crippen LogP contribution in [0.25, 0.3) is 0 Å². The zero-order valence-corrected chi connectivity index (χ0v) is 11.4. The summed E-state index contributed by atoms with van der Waals surface area (Å²) in [5, 5.41) is 8.96. The molecule has 0 aromatic heterocycles. The average molecular weight is 273 g/mol. The van der Waals surface area contributed by atoms with E-state index in [1.54, 1.807) is 12.1 Å². The van der Waals surface area contributed by atoms with E-state index in [-0.39, 0.29) is 11.8 Å². The second-order valence-corrected chi connectivity index (χ2v) is 4.97. The molecule has 1 heterocycles. The molecule has 0 spiro atoms. The molecule has 0 bridgehead atoms. The summed E-state index contributed by atoms with van der Waals surface area (Å²) in [5.74, 6) is 0.456. The summed E-state index contributed by atoms with van der Waals surface area (Å²) >= 11 is 0. The van der Waals surface area contributed by atoms with E-state index in [2.05, 4.69) is 11.0 Å². The summed E-state index contributed by atoms with van der Waals surface area (Å²) in [6.45, 7) is 3.08. The van der Waals surface area contributed by atoms with Gasteiger partial charge in [-0.3, -0.25) is 9.69 Å². The van der Waals surface area contributed by atoms with Gasteiger partial charge < -0.3 is 10.5 Å². The molecule has 2 rings (SSSR count). The lowest BCUT2D eigenvalue weighted by Gasteiger charge is -2.30. The number of nitrogens with zero attached hydrogens (tertiary/aromatic N) is 2. The van der Waals surface area contributed by atoms with Gasteiger partial charge in [-0.1, -0.05) is 12.1 Å². The Morgan fingerprint density at radius 1 is 1.40 bits per heavy atom. The molecule has 0 radical (unpaired) electrons. The Morgan fingerprint density at radius 2 is 2.10 bits per heavy atom. The molecule has 1 aromatic carbocycles. The molecule has 0 unspecified atom stereocenters. The second-order valence-electron chi connectivity index (χ2n) is 4.97. The number of carbonyl (C=O) groups excluding carboxylic acids is 1. The Balaban J connectivity index is 1.75. The van der Waals surface area contributed by atoms with Crippen molar-refractivity contribution in [2.24, 2.45) is 11.7 Å². The van der Waals surface area contributed by atoms with Crippen molar-refractivity contribution in [3.63, 3.8) is 0 Å². The van der Waals surface area contributed by atoms with Crippen molar-refractivity contribution >= 4 is 5.91 Å². The lowest BCUT2D eigenvalue weighted by atomic mass is 9.96. The maximum Gasteiger partial charge on any atom is 0.220 e. The molecule has 1 aliphatic heterocycles. The molecule has 1 saturated heterocycles. The maximum atomic E-state index is 11.1. The molecule has 106 valence electrons. The topological polar surface area (TPSA) is 79.3 Å². The van der Waals surface area contributed by atoms with Gasteiger partial charge in [-0.25, -0.2) is 0 Å². The Labute approximate surface area is 118 Å². The number of ether oxygens (including phenoxy) is 1. The number of likely N-dealkylation sites (tertiary alicyclic amines) is 1. The first-order valence-corrected chi connectivity index (χ1v) is 6.84. The Morgan fingerprint density at radius 3 is 2.75 bits per heavy atom. The van der Waals surface area contributed by atoms with Crippen molar-refractivity contribution in [3.05, 3.63) is 29.8 Å². The molecule has 1 amide bonds. The van der Waals surface area contributed by atoms with Gasteiger partial charge in [0.25, 0.3) is 0 Å². The van der Waals surface area contributed by atoms with Crippen molar-refractivity contribution in [2.45, 2.75) is 12.8 Å². The number of primary amides is 1. The molecule has 0 aliphatic carbocycles. The molecule has 0 atom stereocenters. The van der Waals surface area contributed by atoms with Crippen LogP contribution < -0.4 is 10.5 Å². The lowest BCUT2D eigenvalue weighted by molar-refractivity contribution is -0.123. The van der Waals surface area contributed by atoms with Gasteiger partial charge in [0, 0.05) is 12.5 Å². The number of carbonyl (C=O) groups is 1. The van der Waals surface area contributed by atoms with Crippen LogP contribution in [0.15, 0.2) is 24.3 Å². The molecule has 2 N–H and O–H groups in total. The van der Waals surface area contributed by atoms with E-state index < -0.39 is 0 Å². The highest BCUT2D eigenvalue weighted by molar-refractivity contribution is 5.76. The number of amides is 1. The monoisotopic (exact) mass is 273 g/mol. The summed E-state index contributed by atoms with van der Waals surface area (Å²) in [6, 6.07) is 9.33. The van der Waals surface area contributed by atoms with E-state index in [0.717, 1.165) is 32.5 Å². The number of benzene rings is 1. The number of nitrogens with two attached hydrogens (primary N) is 1. The quantitative estimate of drug-likeness (QED) is 0.872. The predicted molar refractivity (Wildman–Crippen MR) is 75.0 cm³/mol. The molecule has 1 aromatic rings. The number of para-hydroxylation sites is 1. The smallest absolute Gasteiger partial charge is 0.220 e. The summed E-state index contributed by atoms with van der Waals surface area (Å²) < 4.78 is 5.65. The van der Waals surface area contributed by atoms with Gasteiger partial charge in [0.05, 0.1) is 5.56 Å². The fourth-order valence-corrected chi connectivity index (χ4v) is 2.41. The van der Waals surface area contributed by atoms with E-state index in [4.69, 9.17) is 15.7 Å². The highest BCUT2D eigenvalue weighted by Crippen LogP contribution is 2.18. The Bertz CT molecular complexity index is 502. The number of hydrogen-bond donors (Lipinski definition) is 1. The zero-order valence-electron chi connectivity index (χ0n) is 11.4. The van der Waals surface area contributed by atoms with Crippen molar-refractivity contribution in [1.29, 1.82) is 5.26 Å². The number of hydrogen-bond acceptors (Lipinski definition) is 4. The first kappa shape index (κ1) is 14.4. The predicted octanol–water partition coefficient (Wildman–Crippen LogP) is 1.13. The minimum Gasteiger partial charge on any atom is -0.491 e. The zero-order chi connectivity index (χ0) is 14.4. The van der Waals surface area contributed by atoms with Crippen LogP contribution in [-0.4, -0.2) is 37.0 Å². The van der Waals surface area contributed by atoms with Gasteiger partial charge in [-0.2, -0.15) is 5.26 Å². The fourth-order valence-electron chi connectivity index (χ4n) is 2.41. The number of nitriles is 1. The molecule has 1 fully saturated rings. The van der Waals surface area contributed by atoms with Gasteiger partial charge in [-0.15, -0.1) is 0 Å². The van der Waals surface area contributed by atoms with Crippen LogP contribution in [0.2, 0.25) is 0 Å². The second kappa shape index (κ2) is 6.92. The van der Waals surface area contributed by atoms with Gasteiger partial charge in [-0.05, 0) is 38.1 Å². The third kappa shape index (κ3) is 3.72. The third-order valence-electron chi connectivity index (χ3n) is 3.66. The van der Waals surface area contributed by atoms with Gasteiger partial charge >= 0.3 is 0 Å². The standard InChI is InChI=1S/C15H19N3O2/c16-11-13-3-1-2-4-14(13)20-10-9-18-7-5-12(6-8-18)15(17)19/h1-4,12H,5-10H2,(H2,17,19). The van der Waals surface area contributed by atoms with Gasteiger partial charge in [0.2, 0.25) is 5.91 Å². The number of piperidine rings is 1. The van der Waals surface area contributed by atoms with Gasteiger partial charge in [0.1, 0.15) is 18.4 Å². The maximum absolute atomic E-state index is 11.1. The first-order valence-electron chi connectivity index (χ1n) is 6.84. The molecule has 5 heteroatoms. The van der Waals surface area contributed by atoms with Crippen LogP contribution in [0.1, 0.15) is 18.4 Å². The highest BCUT2D eigenvalue weighted by atomic mass is 16.5. The highest BCUT2D eigenvalue weighted by Gasteiger charge is 2.22. The van der Waals surface area contributed by atoms with Crippen molar-refractivity contribution in [2.75, 3.05) is 26.2 Å². The third-order valence-corrected chi connectivity index (χ3v) is 3.66. The van der Waals surface area contributed by atoms with E-state index in [1.807, 2.05) is 12.1 Å². The number of rotatable bonds is 5. The largest absolute Gasteiger partial charge is 0.491 e. The minimum atomic E-state index is -0.191. The van der Waals surface area contributed by atoms with Crippen LogP contribution in [-0.2, 0) is 4.79 Å². The summed E-state index contributed by atoms with van der Waals surface area (Å²) in [6.07, 6.45) is 1.65. The molecular formula is C15H19N3O2. The Hall–Kier alpha value is -2.06. The van der Waals surface area contributed by atoms with Crippen LogP contribution in [0, 0.1) is 17.2 Å². The van der Waals surface area contributed by atoms with Crippen LogP contribution in [0.3, 0.4) is 0 Å². The fraction of sp³-hybridized carbons (Fsp3) is 0.467. The van der Waals surface area contributed by atoms with Crippen molar-refractivity contribution in [1.82, 2.24) is 4.90 Å². The molecule has 1 aliphatic rings. The average Bonchev–Trinajstić information content (AvgIpc) is 2.48. The molecular weight excluding hydrogens is 254 g/mol. The SMILES string of the molecule is N#Cc1ccccc1OCCN1CCC(C(N)=O)CC1. The van der Waals surface area contributed by atoms with Crippen LogP contribution in [0.4, 0.5) is 0 Å². The normalized spacial score (nSPS) is 16.6. The van der Waals surface area contributed by atoms with E-state index in [0.29, 0.717) is 17.9 Å². The van der Waals surface area contributed by atoms with Crippen LogP contribution >= 0.6 is 0 Å².